The molecule has 7 heteroatoms. The number of carbonyl (C=O) groups excluding carboxylic acids is 2. The number of ether oxygens (including phenoxy) is 1. The number of rotatable bonds is 4. The maximum Gasteiger partial charge on any atom is 0.254 e. The van der Waals surface area contributed by atoms with E-state index >= 15 is 0 Å². The number of benzene rings is 1. The van der Waals surface area contributed by atoms with Crippen molar-refractivity contribution in [2.24, 2.45) is 40.6 Å². The molecule has 2 amide bonds. The molecule has 1 aliphatic heterocycles. The zero-order valence-corrected chi connectivity index (χ0v) is 17.0. The van der Waals surface area contributed by atoms with Crippen molar-refractivity contribution in [3.63, 3.8) is 0 Å². The van der Waals surface area contributed by atoms with Crippen molar-refractivity contribution in [2.45, 2.75) is 6.42 Å². The van der Waals surface area contributed by atoms with Crippen LogP contribution in [0.3, 0.4) is 0 Å². The van der Waals surface area contributed by atoms with Gasteiger partial charge in [-0.2, -0.15) is 10.1 Å². The number of furan rings is 1. The first-order chi connectivity index (χ1) is 14.6. The van der Waals surface area contributed by atoms with Crippen LogP contribution in [0.4, 0.5) is 0 Å². The zero-order valence-electron chi connectivity index (χ0n) is 16.2. The van der Waals surface area contributed by atoms with E-state index in [-0.39, 0.29) is 35.5 Å². The molecule has 1 aromatic carbocycles. The molecule has 2 aromatic rings. The van der Waals surface area contributed by atoms with Gasteiger partial charge in [-0.1, -0.05) is 23.8 Å². The molecule has 3 fully saturated rings. The highest BCUT2D eigenvalue weighted by Crippen LogP contribution is 2.65. The fourth-order valence-corrected chi connectivity index (χ4v) is 5.78. The van der Waals surface area contributed by atoms with E-state index in [1.807, 2.05) is 0 Å². The minimum Gasteiger partial charge on any atom is -0.496 e. The molecule has 2 heterocycles. The molecule has 0 radical (unpaired) electrons. The Labute approximate surface area is 178 Å². The summed E-state index contributed by atoms with van der Waals surface area (Å²) in [4.78, 5) is 25.9. The van der Waals surface area contributed by atoms with E-state index in [4.69, 9.17) is 20.8 Å². The molecule has 0 spiro atoms. The largest absolute Gasteiger partial charge is 0.496 e. The van der Waals surface area contributed by atoms with E-state index in [2.05, 4.69) is 17.3 Å². The third kappa shape index (κ3) is 2.46. The van der Waals surface area contributed by atoms with Crippen LogP contribution in [0.25, 0.3) is 11.3 Å². The van der Waals surface area contributed by atoms with E-state index in [9.17, 15) is 9.59 Å². The van der Waals surface area contributed by atoms with Gasteiger partial charge in [-0.05, 0) is 60.4 Å². The van der Waals surface area contributed by atoms with Crippen molar-refractivity contribution < 1.29 is 18.7 Å². The van der Waals surface area contributed by atoms with Crippen molar-refractivity contribution in [1.29, 1.82) is 0 Å². The van der Waals surface area contributed by atoms with E-state index in [1.54, 1.807) is 37.4 Å². The van der Waals surface area contributed by atoms with Crippen LogP contribution in [0.2, 0.25) is 5.02 Å². The topological polar surface area (TPSA) is 72.1 Å². The molecule has 0 N–H and O–H groups in total. The highest BCUT2D eigenvalue weighted by Gasteiger charge is 2.67. The zero-order chi connectivity index (χ0) is 20.6. The summed E-state index contributed by atoms with van der Waals surface area (Å²) in [5, 5.41) is 5.83. The quantitative estimate of drug-likeness (QED) is 0.424. The van der Waals surface area contributed by atoms with Gasteiger partial charge in [-0.25, -0.2) is 0 Å². The van der Waals surface area contributed by atoms with Gasteiger partial charge in [-0.3, -0.25) is 9.59 Å². The highest BCUT2D eigenvalue weighted by molar-refractivity contribution is 6.31. The summed E-state index contributed by atoms with van der Waals surface area (Å²) in [5.41, 5.74) is 0.714. The first kappa shape index (κ1) is 18.0. The molecular formula is C23H19ClN2O4. The summed E-state index contributed by atoms with van der Waals surface area (Å²) >= 11 is 6.10. The van der Waals surface area contributed by atoms with E-state index in [0.717, 1.165) is 11.4 Å². The number of halogens is 1. The molecule has 6 nitrogen and oxygen atoms in total. The molecule has 2 saturated carbocycles. The van der Waals surface area contributed by atoms with Crippen molar-refractivity contribution in [3.8, 4) is 17.1 Å². The molecular weight excluding hydrogens is 404 g/mol. The van der Waals surface area contributed by atoms with Gasteiger partial charge < -0.3 is 9.15 Å². The Morgan fingerprint density at radius 2 is 1.80 bits per heavy atom. The average Bonchev–Trinajstić information content (AvgIpc) is 3.39. The number of methoxy groups -OCH3 is 1. The van der Waals surface area contributed by atoms with Gasteiger partial charge >= 0.3 is 0 Å². The number of amides is 2. The van der Waals surface area contributed by atoms with Gasteiger partial charge in [-0.15, -0.1) is 0 Å². The molecule has 2 bridgehead atoms. The van der Waals surface area contributed by atoms with Gasteiger partial charge in [0, 0.05) is 5.02 Å². The fraction of sp³-hybridized carbons (Fsp3) is 0.348. The molecule has 7 rings (SSSR count). The van der Waals surface area contributed by atoms with E-state index in [0.29, 0.717) is 39.7 Å². The molecule has 5 aliphatic rings. The Morgan fingerprint density at radius 3 is 2.47 bits per heavy atom. The van der Waals surface area contributed by atoms with Crippen LogP contribution in [-0.4, -0.2) is 30.1 Å². The van der Waals surface area contributed by atoms with Gasteiger partial charge in [0.2, 0.25) is 0 Å². The molecule has 30 heavy (non-hydrogen) atoms. The summed E-state index contributed by atoms with van der Waals surface area (Å²) in [6.07, 6.45) is 6.86. The van der Waals surface area contributed by atoms with Gasteiger partial charge in [0.15, 0.2) is 0 Å². The number of nitrogens with zero attached hydrogens (tertiary/aromatic N) is 2. The fourth-order valence-electron chi connectivity index (χ4n) is 5.61. The van der Waals surface area contributed by atoms with Crippen molar-refractivity contribution in [3.05, 3.63) is 53.3 Å². The lowest BCUT2D eigenvalue weighted by Gasteiger charge is -2.37. The van der Waals surface area contributed by atoms with Crippen LogP contribution >= 0.6 is 11.6 Å². The minimum atomic E-state index is -0.253. The van der Waals surface area contributed by atoms with Crippen LogP contribution in [0, 0.1) is 35.5 Å². The Bertz CT molecular complexity index is 1100. The van der Waals surface area contributed by atoms with Gasteiger partial charge in [0.25, 0.3) is 11.8 Å². The first-order valence-electron chi connectivity index (χ1n) is 10.1. The molecule has 6 atom stereocenters. The second kappa shape index (κ2) is 6.32. The second-order valence-corrected chi connectivity index (χ2v) is 8.87. The summed E-state index contributed by atoms with van der Waals surface area (Å²) in [5.74, 6) is 2.27. The normalized spacial score (nSPS) is 33.3. The highest BCUT2D eigenvalue weighted by atomic mass is 35.5. The van der Waals surface area contributed by atoms with E-state index < -0.39 is 0 Å². The standard InChI is InChI=1S/C23H19ClN2O4/c1-29-18-6-2-11(24)8-17(18)19-7-3-12(30-19)10-25-26-22(27)20-13-4-5-14(16-9-15(13)16)21(20)23(26)28/h2-8,10,13-16,20-21H,9H2,1H3/b25-10-/t13-,14-,15-,16+,20+,21+/m0/s1. The first-order valence-corrected chi connectivity index (χ1v) is 10.5. The summed E-state index contributed by atoms with van der Waals surface area (Å²) in [6, 6.07) is 8.78. The molecule has 1 aromatic heterocycles. The Hall–Kier alpha value is -2.86. The van der Waals surface area contributed by atoms with E-state index in [1.165, 1.54) is 6.21 Å². The van der Waals surface area contributed by atoms with Crippen LogP contribution < -0.4 is 4.74 Å². The summed E-state index contributed by atoms with van der Waals surface area (Å²) in [7, 11) is 1.58. The Morgan fingerprint density at radius 1 is 1.10 bits per heavy atom. The lowest BCUT2D eigenvalue weighted by Crippen LogP contribution is -2.40. The van der Waals surface area contributed by atoms with Crippen molar-refractivity contribution in [2.75, 3.05) is 7.11 Å². The number of allylic oxidation sites excluding steroid dienone is 2. The minimum absolute atomic E-state index is 0.186. The second-order valence-electron chi connectivity index (χ2n) is 8.43. The third-order valence-electron chi connectivity index (χ3n) is 6.99. The average molecular weight is 423 g/mol. The molecule has 0 unspecified atom stereocenters. The van der Waals surface area contributed by atoms with Crippen LogP contribution in [-0.2, 0) is 9.59 Å². The third-order valence-corrected chi connectivity index (χ3v) is 7.23. The Balaban J connectivity index is 1.26. The summed E-state index contributed by atoms with van der Waals surface area (Å²) in [6.45, 7) is 0. The maximum atomic E-state index is 13.0. The molecule has 4 aliphatic carbocycles. The predicted octanol–water partition coefficient (Wildman–Crippen LogP) is 4.00. The lowest BCUT2D eigenvalue weighted by molar-refractivity contribution is -0.140. The SMILES string of the molecule is COc1ccc(Cl)cc1-c1ccc(/C=N\N2C(=O)[C@@H]3[C@H]4C=C[C@@H]([C@@H]5C[C@H]45)[C@H]3C2=O)o1. The number of imide groups is 1. The Kier molecular flexibility index (Phi) is 3.78. The number of hydrogen-bond acceptors (Lipinski definition) is 5. The number of hydrazone groups is 1. The van der Waals surface area contributed by atoms with Crippen LogP contribution in [0.1, 0.15) is 12.2 Å². The maximum absolute atomic E-state index is 13.0. The number of hydrogen-bond donors (Lipinski definition) is 0. The van der Waals surface area contributed by atoms with Crippen LogP contribution in [0.5, 0.6) is 5.75 Å². The predicted molar refractivity (Wildman–Crippen MR) is 110 cm³/mol. The van der Waals surface area contributed by atoms with Crippen molar-refractivity contribution >= 4 is 29.6 Å². The van der Waals surface area contributed by atoms with Crippen LogP contribution in [0.15, 0.2) is 52.0 Å². The lowest BCUT2D eigenvalue weighted by atomic mass is 9.63. The van der Waals surface area contributed by atoms with Crippen molar-refractivity contribution in [1.82, 2.24) is 5.01 Å². The van der Waals surface area contributed by atoms with Gasteiger partial charge in [0.05, 0.1) is 30.7 Å². The number of carbonyl (C=O) groups is 2. The monoisotopic (exact) mass is 422 g/mol. The molecule has 1 saturated heterocycles. The smallest absolute Gasteiger partial charge is 0.254 e. The molecule has 152 valence electrons. The van der Waals surface area contributed by atoms with Gasteiger partial charge in [0.1, 0.15) is 17.3 Å². The summed E-state index contributed by atoms with van der Waals surface area (Å²) < 4.78 is 11.2.